The second-order valence-corrected chi connectivity index (χ2v) is 8.78. The Hall–Kier alpha value is -2.87. The summed E-state index contributed by atoms with van der Waals surface area (Å²) in [6.45, 7) is 6.77. The molecule has 0 spiro atoms. The van der Waals surface area contributed by atoms with Gasteiger partial charge < -0.3 is 9.47 Å². The Morgan fingerprint density at radius 3 is 1.79 bits per heavy atom. The lowest BCUT2D eigenvalue weighted by molar-refractivity contribution is 0.0377. The van der Waals surface area contributed by atoms with Crippen LogP contribution in [-0.2, 0) is 25.2 Å². The molecule has 0 radical (unpaired) electrons. The molecule has 0 aliphatic heterocycles. The van der Waals surface area contributed by atoms with Gasteiger partial charge in [-0.3, -0.25) is 4.72 Å². The smallest absolute Gasteiger partial charge is 0.338 e. The number of anilines is 1. The van der Waals surface area contributed by atoms with Crippen molar-refractivity contribution in [3.63, 3.8) is 0 Å². The van der Waals surface area contributed by atoms with E-state index in [4.69, 9.17) is 9.47 Å². The first kappa shape index (κ1) is 22.4. The molecule has 0 unspecified atom stereocenters. The maximum absolute atomic E-state index is 12.5. The fourth-order valence-corrected chi connectivity index (χ4v) is 3.68. The third-order valence-corrected chi connectivity index (χ3v) is 4.82. The van der Waals surface area contributed by atoms with Crippen molar-refractivity contribution in [1.29, 1.82) is 0 Å². The van der Waals surface area contributed by atoms with E-state index in [1.54, 1.807) is 58.0 Å². The van der Waals surface area contributed by atoms with E-state index in [2.05, 4.69) is 4.72 Å². The van der Waals surface area contributed by atoms with Gasteiger partial charge in [-0.15, -0.1) is 0 Å². The van der Waals surface area contributed by atoms with Gasteiger partial charge in [0.1, 0.15) is 0 Å². The van der Waals surface area contributed by atoms with Gasteiger partial charge >= 0.3 is 11.9 Å². The van der Waals surface area contributed by atoms with Crippen molar-refractivity contribution in [1.82, 2.24) is 0 Å². The van der Waals surface area contributed by atoms with Gasteiger partial charge in [0.25, 0.3) is 0 Å². The van der Waals surface area contributed by atoms with Crippen LogP contribution in [0.3, 0.4) is 0 Å². The lowest BCUT2D eigenvalue weighted by atomic mass is 10.1. The molecule has 0 bridgehead atoms. The molecule has 0 saturated heterocycles. The minimum absolute atomic E-state index is 0.0503. The Labute approximate surface area is 171 Å². The zero-order chi connectivity index (χ0) is 21.6. The number of hydrogen-bond acceptors (Lipinski definition) is 6. The maximum atomic E-state index is 12.5. The zero-order valence-electron chi connectivity index (χ0n) is 16.8. The average Bonchev–Trinajstić information content (AvgIpc) is 2.60. The van der Waals surface area contributed by atoms with E-state index in [-0.39, 0.29) is 34.8 Å². The van der Waals surface area contributed by atoms with E-state index in [1.165, 1.54) is 18.2 Å². The number of hydrogen-bond donors (Lipinski definition) is 1. The number of ether oxygens (including phenoxy) is 2. The van der Waals surface area contributed by atoms with Gasteiger partial charge in [-0.1, -0.05) is 30.3 Å². The third-order valence-electron chi connectivity index (χ3n) is 3.56. The van der Waals surface area contributed by atoms with Crippen molar-refractivity contribution in [2.45, 2.75) is 45.7 Å². The summed E-state index contributed by atoms with van der Waals surface area (Å²) in [4.78, 5) is 24.6. The number of benzene rings is 2. The molecule has 8 heteroatoms. The van der Waals surface area contributed by atoms with Crippen LogP contribution in [0, 0.1) is 0 Å². The molecule has 0 aliphatic carbocycles. The predicted molar refractivity (Wildman–Crippen MR) is 110 cm³/mol. The number of carbonyl (C=O) groups is 2. The van der Waals surface area contributed by atoms with Gasteiger partial charge in [-0.2, -0.15) is 0 Å². The number of carbonyl (C=O) groups excluding carboxylic acids is 2. The predicted octanol–water partition coefficient (Wildman–Crippen LogP) is 3.76. The van der Waals surface area contributed by atoms with Crippen LogP contribution >= 0.6 is 0 Å². The normalized spacial score (nSPS) is 11.4. The second-order valence-electron chi connectivity index (χ2n) is 7.05. The van der Waals surface area contributed by atoms with Crippen molar-refractivity contribution in [2.24, 2.45) is 0 Å². The minimum atomic E-state index is -3.77. The second kappa shape index (κ2) is 9.56. The largest absolute Gasteiger partial charge is 0.459 e. The van der Waals surface area contributed by atoms with Crippen LogP contribution in [0.1, 0.15) is 54.0 Å². The Balaban J connectivity index is 2.35. The van der Waals surface area contributed by atoms with Gasteiger partial charge in [-0.25, -0.2) is 18.0 Å². The van der Waals surface area contributed by atoms with Gasteiger partial charge in [0.05, 0.1) is 34.8 Å². The van der Waals surface area contributed by atoms with Gasteiger partial charge in [0, 0.05) is 0 Å². The monoisotopic (exact) mass is 419 g/mol. The lowest BCUT2D eigenvalue weighted by Gasteiger charge is -2.14. The summed E-state index contributed by atoms with van der Waals surface area (Å²) in [7, 11) is -3.77. The number of esters is 2. The standard InChI is InChI=1S/C21H25NO6S/c1-14(2)27-20(23)17-10-18(21(24)28-15(3)4)12-19(11-17)22-29(25,26)13-16-8-6-5-7-9-16/h5-12,14-15,22H,13H2,1-4H3. The average molecular weight is 419 g/mol. The Kier molecular flexibility index (Phi) is 7.39. The molecular weight excluding hydrogens is 394 g/mol. The van der Waals surface area contributed by atoms with Crippen molar-refractivity contribution < 1.29 is 27.5 Å². The summed E-state index contributed by atoms with van der Waals surface area (Å²) in [5.41, 5.74) is 0.785. The summed E-state index contributed by atoms with van der Waals surface area (Å²) in [6.07, 6.45) is -0.737. The van der Waals surface area contributed by atoms with Crippen LogP contribution in [-0.4, -0.2) is 32.6 Å². The highest BCUT2D eigenvalue weighted by Crippen LogP contribution is 2.20. The minimum Gasteiger partial charge on any atom is -0.459 e. The van der Waals surface area contributed by atoms with E-state index in [0.717, 1.165) is 0 Å². The summed E-state index contributed by atoms with van der Waals surface area (Å²) in [5.74, 6) is -1.58. The molecule has 0 amide bonds. The quantitative estimate of drug-likeness (QED) is 0.654. The maximum Gasteiger partial charge on any atom is 0.338 e. The molecule has 2 aromatic rings. The van der Waals surface area contributed by atoms with E-state index in [9.17, 15) is 18.0 Å². The van der Waals surface area contributed by atoms with Crippen LogP contribution < -0.4 is 4.72 Å². The number of sulfonamides is 1. The molecule has 0 saturated carbocycles. The first-order valence-electron chi connectivity index (χ1n) is 9.17. The molecule has 1 N–H and O–H groups in total. The number of nitrogens with one attached hydrogen (secondary N) is 1. The zero-order valence-corrected chi connectivity index (χ0v) is 17.7. The van der Waals surface area contributed by atoms with Crippen LogP contribution in [0.2, 0.25) is 0 Å². The molecular formula is C21H25NO6S. The first-order valence-corrected chi connectivity index (χ1v) is 10.8. The molecule has 156 valence electrons. The molecule has 0 heterocycles. The summed E-state index contributed by atoms with van der Waals surface area (Å²) >= 11 is 0. The molecule has 2 aromatic carbocycles. The van der Waals surface area contributed by atoms with E-state index in [1.807, 2.05) is 0 Å². The van der Waals surface area contributed by atoms with Crippen LogP contribution in [0.4, 0.5) is 5.69 Å². The highest BCUT2D eigenvalue weighted by molar-refractivity contribution is 7.91. The summed E-state index contributed by atoms with van der Waals surface area (Å²) in [5, 5.41) is 0. The molecule has 2 rings (SSSR count). The molecule has 7 nitrogen and oxygen atoms in total. The third kappa shape index (κ3) is 7.23. The highest BCUT2D eigenvalue weighted by Gasteiger charge is 2.19. The van der Waals surface area contributed by atoms with Crippen LogP contribution in [0.15, 0.2) is 48.5 Å². The Bertz CT molecular complexity index is 928. The molecule has 0 aromatic heterocycles. The molecule has 0 aliphatic rings. The van der Waals surface area contributed by atoms with Crippen LogP contribution in [0.25, 0.3) is 0 Å². The van der Waals surface area contributed by atoms with Crippen LogP contribution in [0.5, 0.6) is 0 Å². The van der Waals surface area contributed by atoms with E-state index in [0.29, 0.717) is 5.56 Å². The highest BCUT2D eigenvalue weighted by atomic mass is 32.2. The van der Waals surface area contributed by atoms with Gasteiger partial charge in [0.2, 0.25) is 10.0 Å². The van der Waals surface area contributed by atoms with Crippen molar-refractivity contribution in [3.05, 3.63) is 65.2 Å². The SMILES string of the molecule is CC(C)OC(=O)c1cc(NS(=O)(=O)Cc2ccccc2)cc(C(=O)OC(C)C)c1. The molecule has 0 atom stereocenters. The topological polar surface area (TPSA) is 98.8 Å². The Morgan fingerprint density at radius 1 is 0.862 bits per heavy atom. The van der Waals surface area contributed by atoms with Crippen molar-refractivity contribution >= 4 is 27.6 Å². The number of rotatable bonds is 8. The Morgan fingerprint density at radius 2 is 1.34 bits per heavy atom. The van der Waals surface area contributed by atoms with Gasteiger partial charge in [0.15, 0.2) is 0 Å². The van der Waals surface area contributed by atoms with Gasteiger partial charge in [-0.05, 0) is 51.5 Å². The molecule has 0 fully saturated rings. The first-order chi connectivity index (χ1) is 13.6. The fraction of sp³-hybridized carbons (Fsp3) is 0.333. The summed E-state index contributed by atoms with van der Waals surface area (Å²) < 4.78 is 37.8. The van der Waals surface area contributed by atoms with E-state index >= 15 is 0 Å². The fourth-order valence-electron chi connectivity index (χ4n) is 2.50. The molecule has 29 heavy (non-hydrogen) atoms. The van der Waals surface area contributed by atoms with Crippen molar-refractivity contribution in [3.8, 4) is 0 Å². The van der Waals surface area contributed by atoms with E-state index < -0.39 is 22.0 Å². The lowest BCUT2D eigenvalue weighted by Crippen LogP contribution is -2.18. The summed E-state index contributed by atoms with van der Waals surface area (Å²) in [6, 6.07) is 12.7. The van der Waals surface area contributed by atoms with Crippen molar-refractivity contribution in [2.75, 3.05) is 4.72 Å².